The zero-order chi connectivity index (χ0) is 6.41. The maximum atomic E-state index is 5.66. The summed E-state index contributed by atoms with van der Waals surface area (Å²) >= 11 is 3.34. The van der Waals surface area contributed by atoms with Gasteiger partial charge in [0.05, 0.1) is 0 Å². The molecule has 2 heteroatoms. The smallest absolute Gasteiger partial charge is 0.00466 e. The largest absolute Gasteiger partial charge is 0.328 e. The van der Waals surface area contributed by atoms with E-state index in [1.54, 1.807) is 0 Å². The molecule has 0 aliphatic heterocycles. The van der Waals surface area contributed by atoms with Crippen molar-refractivity contribution in [3.63, 3.8) is 0 Å². The highest BCUT2D eigenvalue weighted by molar-refractivity contribution is 9.09. The standard InChI is InChI=1S/C6H14BrN/c1-2-3-6(8)4-5-7/h6H,2-5,8H2,1H3. The van der Waals surface area contributed by atoms with Crippen LogP contribution < -0.4 is 5.73 Å². The molecule has 0 aliphatic rings. The highest BCUT2D eigenvalue weighted by atomic mass is 79.9. The summed E-state index contributed by atoms with van der Waals surface area (Å²) in [5.74, 6) is 0. The zero-order valence-electron chi connectivity index (χ0n) is 5.36. The lowest BCUT2D eigenvalue weighted by Gasteiger charge is -2.05. The van der Waals surface area contributed by atoms with E-state index in [2.05, 4.69) is 22.9 Å². The van der Waals surface area contributed by atoms with Gasteiger partial charge in [0.1, 0.15) is 0 Å². The Bertz CT molecular complexity index is 41.8. The van der Waals surface area contributed by atoms with Crippen LogP contribution in [0.4, 0.5) is 0 Å². The van der Waals surface area contributed by atoms with Gasteiger partial charge in [-0.1, -0.05) is 29.3 Å². The zero-order valence-corrected chi connectivity index (χ0v) is 6.95. The molecular formula is C6H14BrN. The Morgan fingerprint density at radius 3 is 2.50 bits per heavy atom. The number of hydrogen-bond acceptors (Lipinski definition) is 1. The molecule has 1 atom stereocenters. The quantitative estimate of drug-likeness (QED) is 0.657. The molecule has 0 spiro atoms. The Labute approximate surface area is 59.8 Å². The fourth-order valence-electron chi connectivity index (χ4n) is 0.655. The van der Waals surface area contributed by atoms with Crippen LogP contribution in [0.3, 0.4) is 0 Å². The van der Waals surface area contributed by atoms with Crippen molar-refractivity contribution in [3.8, 4) is 0 Å². The molecule has 0 radical (unpaired) electrons. The second-order valence-electron chi connectivity index (χ2n) is 2.03. The van der Waals surface area contributed by atoms with Crippen molar-refractivity contribution in [1.29, 1.82) is 0 Å². The molecule has 0 aromatic heterocycles. The molecule has 0 amide bonds. The molecule has 2 N–H and O–H groups in total. The van der Waals surface area contributed by atoms with Gasteiger partial charge < -0.3 is 5.73 Å². The second-order valence-corrected chi connectivity index (χ2v) is 2.82. The van der Waals surface area contributed by atoms with Gasteiger partial charge in [-0.3, -0.25) is 0 Å². The summed E-state index contributed by atoms with van der Waals surface area (Å²) in [7, 11) is 0. The van der Waals surface area contributed by atoms with Gasteiger partial charge in [-0.25, -0.2) is 0 Å². The van der Waals surface area contributed by atoms with E-state index in [0.717, 1.165) is 18.2 Å². The predicted octanol–water partition coefficient (Wildman–Crippen LogP) is 1.90. The maximum Gasteiger partial charge on any atom is 0.00466 e. The van der Waals surface area contributed by atoms with Crippen LogP contribution in [-0.4, -0.2) is 11.4 Å². The normalized spacial score (nSPS) is 13.9. The molecule has 0 fully saturated rings. The molecule has 0 bridgehead atoms. The van der Waals surface area contributed by atoms with Gasteiger partial charge in [0.25, 0.3) is 0 Å². The van der Waals surface area contributed by atoms with Crippen LogP contribution in [0.1, 0.15) is 26.2 Å². The van der Waals surface area contributed by atoms with Crippen LogP contribution in [0.25, 0.3) is 0 Å². The molecule has 0 aromatic rings. The van der Waals surface area contributed by atoms with E-state index in [0.29, 0.717) is 6.04 Å². The van der Waals surface area contributed by atoms with Crippen molar-refractivity contribution in [1.82, 2.24) is 0 Å². The monoisotopic (exact) mass is 179 g/mol. The summed E-state index contributed by atoms with van der Waals surface area (Å²) < 4.78 is 0. The van der Waals surface area contributed by atoms with Crippen molar-refractivity contribution in [2.45, 2.75) is 32.2 Å². The molecule has 8 heavy (non-hydrogen) atoms. The molecule has 0 saturated heterocycles. The number of halogens is 1. The van der Waals surface area contributed by atoms with Gasteiger partial charge in [-0.15, -0.1) is 0 Å². The van der Waals surface area contributed by atoms with Crippen molar-refractivity contribution < 1.29 is 0 Å². The molecule has 0 aliphatic carbocycles. The van der Waals surface area contributed by atoms with Crippen molar-refractivity contribution in [2.24, 2.45) is 5.73 Å². The lowest BCUT2D eigenvalue weighted by molar-refractivity contribution is 0.592. The summed E-state index contributed by atoms with van der Waals surface area (Å²) in [4.78, 5) is 0. The van der Waals surface area contributed by atoms with Gasteiger partial charge in [-0.05, 0) is 12.8 Å². The van der Waals surface area contributed by atoms with Crippen LogP contribution in [-0.2, 0) is 0 Å². The topological polar surface area (TPSA) is 26.0 Å². The molecule has 0 aromatic carbocycles. The Morgan fingerprint density at radius 1 is 1.50 bits per heavy atom. The van der Waals surface area contributed by atoms with Gasteiger partial charge in [0.2, 0.25) is 0 Å². The van der Waals surface area contributed by atoms with E-state index in [1.807, 2.05) is 0 Å². The summed E-state index contributed by atoms with van der Waals surface area (Å²) in [5.41, 5.74) is 5.66. The number of nitrogens with two attached hydrogens (primary N) is 1. The van der Waals surface area contributed by atoms with Crippen molar-refractivity contribution in [3.05, 3.63) is 0 Å². The maximum absolute atomic E-state index is 5.66. The minimum Gasteiger partial charge on any atom is -0.328 e. The fraction of sp³-hybridized carbons (Fsp3) is 1.00. The highest BCUT2D eigenvalue weighted by Crippen LogP contribution is 1.99. The number of hydrogen-bond donors (Lipinski definition) is 1. The third-order valence-electron chi connectivity index (χ3n) is 1.14. The van der Waals surface area contributed by atoms with Crippen LogP contribution in [0, 0.1) is 0 Å². The van der Waals surface area contributed by atoms with Gasteiger partial charge >= 0.3 is 0 Å². The third-order valence-corrected chi connectivity index (χ3v) is 1.60. The summed E-state index contributed by atoms with van der Waals surface area (Å²) in [6, 6.07) is 0.416. The van der Waals surface area contributed by atoms with E-state index >= 15 is 0 Å². The summed E-state index contributed by atoms with van der Waals surface area (Å²) in [6.45, 7) is 2.16. The highest BCUT2D eigenvalue weighted by Gasteiger charge is 1.96. The third kappa shape index (κ3) is 4.60. The van der Waals surface area contributed by atoms with Gasteiger partial charge in [-0.2, -0.15) is 0 Å². The predicted molar refractivity (Wildman–Crippen MR) is 41.3 cm³/mol. The average molecular weight is 180 g/mol. The van der Waals surface area contributed by atoms with E-state index < -0.39 is 0 Å². The first kappa shape index (κ1) is 8.44. The van der Waals surface area contributed by atoms with E-state index in [4.69, 9.17) is 5.73 Å². The molecule has 0 heterocycles. The van der Waals surface area contributed by atoms with E-state index in [9.17, 15) is 0 Å². The minimum absolute atomic E-state index is 0.416. The lowest BCUT2D eigenvalue weighted by atomic mass is 10.1. The summed E-state index contributed by atoms with van der Waals surface area (Å²) in [6.07, 6.45) is 3.47. The fourth-order valence-corrected chi connectivity index (χ4v) is 1.24. The first-order chi connectivity index (χ1) is 3.81. The SMILES string of the molecule is CCCC(N)CCBr. The molecule has 1 unspecified atom stereocenters. The van der Waals surface area contributed by atoms with Crippen LogP contribution in [0.2, 0.25) is 0 Å². The first-order valence-electron chi connectivity index (χ1n) is 3.12. The summed E-state index contributed by atoms with van der Waals surface area (Å²) in [5, 5.41) is 1.04. The molecule has 50 valence electrons. The number of alkyl halides is 1. The van der Waals surface area contributed by atoms with Crippen LogP contribution in [0.5, 0.6) is 0 Å². The van der Waals surface area contributed by atoms with Gasteiger partial charge in [0, 0.05) is 11.4 Å². The Kier molecular flexibility index (Phi) is 5.88. The van der Waals surface area contributed by atoms with Crippen molar-refractivity contribution >= 4 is 15.9 Å². The van der Waals surface area contributed by atoms with E-state index in [-0.39, 0.29) is 0 Å². The molecule has 0 saturated carbocycles. The van der Waals surface area contributed by atoms with Gasteiger partial charge in [0.15, 0.2) is 0 Å². The Balaban J connectivity index is 2.92. The number of rotatable bonds is 4. The van der Waals surface area contributed by atoms with E-state index in [1.165, 1.54) is 6.42 Å². The Morgan fingerprint density at radius 2 is 2.12 bits per heavy atom. The van der Waals surface area contributed by atoms with Crippen LogP contribution >= 0.6 is 15.9 Å². The minimum atomic E-state index is 0.416. The lowest BCUT2D eigenvalue weighted by Crippen LogP contribution is -2.19. The molecule has 1 nitrogen and oxygen atoms in total. The second kappa shape index (κ2) is 5.57. The first-order valence-corrected chi connectivity index (χ1v) is 4.25. The van der Waals surface area contributed by atoms with Crippen LogP contribution in [0.15, 0.2) is 0 Å². The molecular weight excluding hydrogens is 166 g/mol. The van der Waals surface area contributed by atoms with Crippen molar-refractivity contribution in [2.75, 3.05) is 5.33 Å². The average Bonchev–Trinajstić information content (AvgIpc) is 1.68. The molecule has 0 rings (SSSR count). The Hall–Kier alpha value is 0.440.